The molecule has 1 saturated carbocycles. The molecular formula is C16H25IN4. The van der Waals surface area contributed by atoms with Gasteiger partial charge in [0.1, 0.15) is 0 Å². The number of fused-ring (bicyclic) bond motifs is 1. The molecule has 0 unspecified atom stereocenters. The van der Waals surface area contributed by atoms with Gasteiger partial charge in [-0.3, -0.25) is 4.99 Å². The molecule has 3 rings (SSSR count). The Morgan fingerprint density at radius 1 is 1.38 bits per heavy atom. The fourth-order valence-electron chi connectivity index (χ4n) is 2.90. The van der Waals surface area contributed by atoms with Gasteiger partial charge in [-0.05, 0) is 37.9 Å². The number of nitrogens with one attached hydrogen (secondary N) is 1. The van der Waals surface area contributed by atoms with E-state index >= 15 is 0 Å². The number of guanidine groups is 1. The van der Waals surface area contributed by atoms with Gasteiger partial charge >= 0.3 is 0 Å². The first-order valence-electron chi connectivity index (χ1n) is 7.56. The van der Waals surface area contributed by atoms with Gasteiger partial charge < -0.3 is 15.1 Å². The standard InChI is InChI=1S/C16H24N4.HI/c1-17-16(18-10-12-19(2)14-7-8-14)20-11-9-13-5-3-4-6-15(13)20;/h3-6,14H,7-12H2,1-2H3,(H,17,18);1H. The fourth-order valence-corrected chi connectivity index (χ4v) is 2.90. The summed E-state index contributed by atoms with van der Waals surface area (Å²) in [5.74, 6) is 0.999. The van der Waals surface area contributed by atoms with Gasteiger partial charge in [-0.2, -0.15) is 0 Å². The molecule has 1 aliphatic heterocycles. The molecule has 1 aromatic rings. The number of aliphatic imine (C=N–C) groups is 1. The van der Waals surface area contributed by atoms with Crippen LogP contribution in [0.3, 0.4) is 0 Å². The van der Waals surface area contributed by atoms with E-state index in [1.807, 2.05) is 7.05 Å². The van der Waals surface area contributed by atoms with Crippen molar-refractivity contribution in [1.29, 1.82) is 0 Å². The zero-order valence-electron chi connectivity index (χ0n) is 12.9. The third-order valence-corrected chi connectivity index (χ3v) is 4.27. The summed E-state index contributed by atoms with van der Waals surface area (Å²) in [7, 11) is 4.08. The van der Waals surface area contributed by atoms with Crippen molar-refractivity contribution in [3.8, 4) is 0 Å². The van der Waals surface area contributed by atoms with Crippen LogP contribution in [0.25, 0.3) is 0 Å². The van der Waals surface area contributed by atoms with E-state index in [-0.39, 0.29) is 24.0 Å². The molecule has 5 heteroatoms. The molecule has 1 heterocycles. The third-order valence-electron chi connectivity index (χ3n) is 4.27. The van der Waals surface area contributed by atoms with Gasteiger partial charge in [-0.25, -0.2) is 0 Å². The number of hydrogen-bond donors (Lipinski definition) is 1. The number of likely N-dealkylation sites (N-methyl/N-ethyl adjacent to an activating group) is 1. The Kier molecular flexibility index (Phi) is 5.87. The molecule has 0 aromatic heterocycles. The van der Waals surface area contributed by atoms with E-state index in [4.69, 9.17) is 0 Å². The maximum absolute atomic E-state index is 4.44. The number of halogens is 1. The quantitative estimate of drug-likeness (QED) is 0.478. The summed E-state index contributed by atoms with van der Waals surface area (Å²) in [5, 5.41) is 3.50. The average Bonchev–Trinajstić information content (AvgIpc) is 3.24. The topological polar surface area (TPSA) is 30.9 Å². The maximum Gasteiger partial charge on any atom is 0.198 e. The van der Waals surface area contributed by atoms with E-state index in [9.17, 15) is 0 Å². The summed E-state index contributed by atoms with van der Waals surface area (Å²) >= 11 is 0. The normalized spacial score (nSPS) is 17.7. The van der Waals surface area contributed by atoms with Crippen LogP contribution in [0.5, 0.6) is 0 Å². The Hall–Kier alpha value is -0.820. The van der Waals surface area contributed by atoms with E-state index in [1.165, 1.54) is 24.1 Å². The molecule has 116 valence electrons. The van der Waals surface area contributed by atoms with Crippen molar-refractivity contribution in [2.75, 3.05) is 38.6 Å². The highest BCUT2D eigenvalue weighted by Gasteiger charge is 2.26. The Labute approximate surface area is 144 Å². The number of hydrogen-bond acceptors (Lipinski definition) is 2. The molecule has 1 fully saturated rings. The Bertz CT molecular complexity index is 499. The van der Waals surface area contributed by atoms with Gasteiger partial charge in [-0.15, -0.1) is 24.0 Å². The molecule has 2 aliphatic rings. The van der Waals surface area contributed by atoms with Crippen molar-refractivity contribution in [1.82, 2.24) is 10.2 Å². The van der Waals surface area contributed by atoms with Crippen LogP contribution >= 0.6 is 24.0 Å². The van der Waals surface area contributed by atoms with E-state index in [0.717, 1.165) is 38.1 Å². The second-order valence-corrected chi connectivity index (χ2v) is 5.72. The van der Waals surface area contributed by atoms with Crippen molar-refractivity contribution < 1.29 is 0 Å². The molecule has 21 heavy (non-hydrogen) atoms. The van der Waals surface area contributed by atoms with Gasteiger partial charge in [0.05, 0.1) is 0 Å². The first-order valence-corrected chi connectivity index (χ1v) is 7.56. The summed E-state index contributed by atoms with van der Waals surface area (Å²) < 4.78 is 0. The Morgan fingerprint density at radius 2 is 2.14 bits per heavy atom. The smallest absolute Gasteiger partial charge is 0.198 e. The number of benzene rings is 1. The lowest BCUT2D eigenvalue weighted by atomic mass is 10.2. The van der Waals surface area contributed by atoms with Gasteiger partial charge in [-0.1, -0.05) is 18.2 Å². The number of rotatable bonds is 4. The van der Waals surface area contributed by atoms with Crippen LogP contribution in [0.2, 0.25) is 0 Å². The minimum absolute atomic E-state index is 0. The second kappa shape index (κ2) is 7.45. The highest BCUT2D eigenvalue weighted by molar-refractivity contribution is 14.0. The lowest BCUT2D eigenvalue weighted by molar-refractivity contribution is 0.328. The Balaban J connectivity index is 0.00000161. The molecule has 0 spiro atoms. The van der Waals surface area contributed by atoms with Crippen LogP contribution in [-0.4, -0.2) is 50.6 Å². The van der Waals surface area contributed by atoms with Crippen LogP contribution in [0.4, 0.5) is 5.69 Å². The van der Waals surface area contributed by atoms with Crippen LogP contribution in [-0.2, 0) is 6.42 Å². The zero-order valence-corrected chi connectivity index (χ0v) is 15.2. The summed E-state index contributed by atoms with van der Waals surface area (Å²) in [4.78, 5) is 9.18. The summed E-state index contributed by atoms with van der Waals surface area (Å²) in [5.41, 5.74) is 2.72. The van der Waals surface area contributed by atoms with Crippen LogP contribution in [0.1, 0.15) is 18.4 Å². The minimum Gasteiger partial charge on any atom is -0.355 e. The lowest BCUT2D eigenvalue weighted by Gasteiger charge is -2.23. The van der Waals surface area contributed by atoms with E-state index in [2.05, 4.69) is 51.4 Å². The molecule has 4 nitrogen and oxygen atoms in total. The monoisotopic (exact) mass is 400 g/mol. The number of para-hydroxylation sites is 1. The maximum atomic E-state index is 4.44. The van der Waals surface area contributed by atoms with Gasteiger partial charge in [0, 0.05) is 38.4 Å². The van der Waals surface area contributed by atoms with Crippen molar-refractivity contribution in [2.45, 2.75) is 25.3 Å². The lowest BCUT2D eigenvalue weighted by Crippen LogP contribution is -2.43. The molecule has 1 aromatic carbocycles. The van der Waals surface area contributed by atoms with Crippen molar-refractivity contribution in [3.05, 3.63) is 29.8 Å². The van der Waals surface area contributed by atoms with Crippen molar-refractivity contribution in [2.24, 2.45) is 4.99 Å². The van der Waals surface area contributed by atoms with Gasteiger partial charge in [0.25, 0.3) is 0 Å². The number of anilines is 1. The highest BCUT2D eigenvalue weighted by Crippen LogP contribution is 2.27. The van der Waals surface area contributed by atoms with Gasteiger partial charge in [0.15, 0.2) is 5.96 Å². The predicted octanol–water partition coefficient (Wildman–Crippen LogP) is 2.34. The second-order valence-electron chi connectivity index (χ2n) is 5.72. The molecule has 0 atom stereocenters. The molecule has 0 radical (unpaired) electrons. The molecule has 1 N–H and O–H groups in total. The fraction of sp³-hybridized carbons (Fsp3) is 0.562. The van der Waals surface area contributed by atoms with Crippen molar-refractivity contribution >= 4 is 35.6 Å². The van der Waals surface area contributed by atoms with Gasteiger partial charge in [0.2, 0.25) is 0 Å². The van der Waals surface area contributed by atoms with E-state index < -0.39 is 0 Å². The van der Waals surface area contributed by atoms with Crippen LogP contribution in [0, 0.1) is 0 Å². The predicted molar refractivity (Wildman–Crippen MR) is 99.9 cm³/mol. The molecule has 0 saturated heterocycles. The largest absolute Gasteiger partial charge is 0.355 e. The minimum atomic E-state index is 0. The average molecular weight is 400 g/mol. The van der Waals surface area contributed by atoms with Crippen LogP contribution < -0.4 is 10.2 Å². The molecule has 0 amide bonds. The summed E-state index contributed by atoms with van der Waals surface area (Å²) in [6.07, 6.45) is 3.84. The van der Waals surface area contributed by atoms with E-state index in [0.29, 0.717) is 0 Å². The first-order chi connectivity index (χ1) is 9.79. The van der Waals surface area contributed by atoms with Crippen molar-refractivity contribution in [3.63, 3.8) is 0 Å². The molecular weight excluding hydrogens is 375 g/mol. The van der Waals surface area contributed by atoms with E-state index in [1.54, 1.807) is 0 Å². The summed E-state index contributed by atoms with van der Waals surface area (Å²) in [6, 6.07) is 9.44. The summed E-state index contributed by atoms with van der Waals surface area (Å²) in [6.45, 7) is 3.06. The zero-order chi connectivity index (χ0) is 13.9. The third kappa shape index (κ3) is 3.88. The SMILES string of the molecule is CN=C(NCCN(C)C1CC1)N1CCc2ccccc21.I. The molecule has 0 bridgehead atoms. The number of nitrogens with zero attached hydrogens (tertiary/aromatic N) is 3. The van der Waals surface area contributed by atoms with Crippen LogP contribution in [0.15, 0.2) is 29.3 Å². The first kappa shape index (κ1) is 16.5. The highest BCUT2D eigenvalue weighted by atomic mass is 127. The Morgan fingerprint density at radius 3 is 2.86 bits per heavy atom. The molecule has 1 aliphatic carbocycles.